The number of hydrogen-bond donors (Lipinski definition) is 1. The number of unbranched alkanes of at least 4 members (excludes halogenated alkanes) is 2. The summed E-state index contributed by atoms with van der Waals surface area (Å²) in [7, 11) is 0. The van der Waals surface area contributed by atoms with Gasteiger partial charge in [-0.15, -0.1) is 0 Å². The fourth-order valence-electron chi connectivity index (χ4n) is 3.07. The Morgan fingerprint density at radius 2 is 1.65 bits per heavy atom. The first-order valence-electron chi connectivity index (χ1n) is 8.81. The van der Waals surface area contributed by atoms with Crippen LogP contribution in [0.2, 0.25) is 0 Å². The zero-order valence-corrected chi connectivity index (χ0v) is 15.7. The van der Waals surface area contributed by atoms with E-state index in [0.29, 0.717) is 25.0 Å². The average molecular weight is 326 g/mol. The van der Waals surface area contributed by atoms with E-state index < -0.39 is 17.4 Å². The maximum Gasteiger partial charge on any atom is 0.335 e. The van der Waals surface area contributed by atoms with Gasteiger partial charge in [0.1, 0.15) is 0 Å². The van der Waals surface area contributed by atoms with Gasteiger partial charge in [-0.05, 0) is 39.0 Å². The smallest absolute Gasteiger partial charge is 0.335 e. The molecule has 0 aromatic heterocycles. The second-order valence-electron chi connectivity index (χ2n) is 6.95. The molecule has 0 aliphatic heterocycles. The SMILES string of the molecule is CCCCOC(=O)C(=C(C)C)C(CCCC)(CC(C)C)C(=O)O. The van der Waals surface area contributed by atoms with Crippen molar-refractivity contribution in [1.29, 1.82) is 0 Å². The third-order valence-electron chi connectivity index (χ3n) is 4.04. The molecule has 0 aromatic carbocycles. The average Bonchev–Trinajstić information content (AvgIpc) is 2.43. The van der Waals surface area contributed by atoms with Crippen LogP contribution in [0, 0.1) is 11.3 Å². The van der Waals surface area contributed by atoms with Crippen LogP contribution in [0.3, 0.4) is 0 Å². The van der Waals surface area contributed by atoms with Gasteiger partial charge < -0.3 is 9.84 Å². The van der Waals surface area contributed by atoms with Gasteiger partial charge in [0.25, 0.3) is 0 Å². The minimum Gasteiger partial charge on any atom is -0.481 e. The molecule has 23 heavy (non-hydrogen) atoms. The number of allylic oxidation sites excluding steroid dienone is 1. The summed E-state index contributed by atoms with van der Waals surface area (Å²) < 4.78 is 5.36. The lowest BCUT2D eigenvalue weighted by Crippen LogP contribution is -2.39. The Morgan fingerprint density at radius 3 is 2.04 bits per heavy atom. The van der Waals surface area contributed by atoms with E-state index in [9.17, 15) is 14.7 Å². The Labute approximate surface area is 141 Å². The second-order valence-corrected chi connectivity index (χ2v) is 6.95. The number of carbonyl (C=O) groups is 2. The quantitative estimate of drug-likeness (QED) is 0.330. The molecule has 0 heterocycles. The molecule has 0 rings (SSSR count). The molecule has 0 radical (unpaired) electrons. The first-order chi connectivity index (χ1) is 10.7. The van der Waals surface area contributed by atoms with Gasteiger partial charge in [0.05, 0.1) is 17.6 Å². The van der Waals surface area contributed by atoms with E-state index in [1.54, 1.807) is 13.8 Å². The highest BCUT2D eigenvalue weighted by molar-refractivity contribution is 5.98. The van der Waals surface area contributed by atoms with Crippen molar-refractivity contribution < 1.29 is 19.4 Å². The zero-order chi connectivity index (χ0) is 18.0. The van der Waals surface area contributed by atoms with Crippen LogP contribution in [0.4, 0.5) is 0 Å². The molecular weight excluding hydrogens is 292 g/mol. The molecule has 0 bridgehead atoms. The molecule has 0 amide bonds. The van der Waals surface area contributed by atoms with Crippen molar-refractivity contribution in [3.63, 3.8) is 0 Å². The largest absolute Gasteiger partial charge is 0.481 e. The lowest BCUT2D eigenvalue weighted by Gasteiger charge is -2.33. The van der Waals surface area contributed by atoms with E-state index in [2.05, 4.69) is 0 Å². The van der Waals surface area contributed by atoms with E-state index in [-0.39, 0.29) is 5.92 Å². The van der Waals surface area contributed by atoms with E-state index in [4.69, 9.17) is 4.74 Å². The topological polar surface area (TPSA) is 63.6 Å². The molecule has 0 spiro atoms. The summed E-state index contributed by atoms with van der Waals surface area (Å²) in [4.78, 5) is 24.8. The molecule has 0 aliphatic carbocycles. The number of carboxylic acid groups (broad SMARTS) is 1. The number of aliphatic carboxylic acids is 1. The van der Waals surface area contributed by atoms with Crippen molar-refractivity contribution in [2.45, 2.75) is 80.1 Å². The predicted molar refractivity (Wildman–Crippen MR) is 93.3 cm³/mol. The van der Waals surface area contributed by atoms with Gasteiger partial charge in [-0.1, -0.05) is 52.5 Å². The Hall–Kier alpha value is -1.32. The monoisotopic (exact) mass is 326 g/mol. The van der Waals surface area contributed by atoms with Gasteiger partial charge in [-0.25, -0.2) is 4.79 Å². The number of esters is 1. The van der Waals surface area contributed by atoms with E-state index >= 15 is 0 Å². The second kappa shape index (κ2) is 10.5. The first kappa shape index (κ1) is 21.7. The molecule has 4 nitrogen and oxygen atoms in total. The van der Waals surface area contributed by atoms with Crippen LogP contribution in [0.15, 0.2) is 11.1 Å². The van der Waals surface area contributed by atoms with Gasteiger partial charge >= 0.3 is 11.9 Å². The molecule has 0 aromatic rings. The van der Waals surface area contributed by atoms with Crippen molar-refractivity contribution in [3.8, 4) is 0 Å². The molecule has 4 heteroatoms. The van der Waals surface area contributed by atoms with Crippen molar-refractivity contribution in [1.82, 2.24) is 0 Å². The Kier molecular flexibility index (Phi) is 9.85. The first-order valence-corrected chi connectivity index (χ1v) is 8.81. The third-order valence-corrected chi connectivity index (χ3v) is 4.04. The molecule has 1 N–H and O–H groups in total. The number of hydrogen-bond acceptors (Lipinski definition) is 3. The van der Waals surface area contributed by atoms with Crippen LogP contribution >= 0.6 is 0 Å². The highest BCUT2D eigenvalue weighted by atomic mass is 16.5. The molecule has 0 saturated carbocycles. The van der Waals surface area contributed by atoms with Gasteiger partial charge in [0.15, 0.2) is 0 Å². The number of carboxylic acids is 1. The zero-order valence-electron chi connectivity index (χ0n) is 15.7. The van der Waals surface area contributed by atoms with Crippen molar-refractivity contribution in [2.75, 3.05) is 6.61 Å². The third kappa shape index (κ3) is 6.36. The van der Waals surface area contributed by atoms with Crippen LogP contribution in [0.5, 0.6) is 0 Å². The van der Waals surface area contributed by atoms with Crippen molar-refractivity contribution in [3.05, 3.63) is 11.1 Å². The van der Waals surface area contributed by atoms with Gasteiger partial charge in [0.2, 0.25) is 0 Å². The molecule has 134 valence electrons. The maximum atomic E-state index is 12.6. The lowest BCUT2D eigenvalue weighted by molar-refractivity contribution is -0.153. The molecular formula is C19H34O4. The summed E-state index contributed by atoms with van der Waals surface area (Å²) in [6, 6.07) is 0. The standard InChI is InChI=1S/C19H34O4/c1-7-9-11-19(18(21)22,13-14(3)4)16(15(5)6)17(20)23-12-10-8-2/h14H,7-13H2,1-6H3,(H,21,22). The van der Waals surface area contributed by atoms with E-state index in [0.717, 1.165) is 31.3 Å². The highest BCUT2D eigenvalue weighted by Gasteiger charge is 2.46. The van der Waals surface area contributed by atoms with Crippen molar-refractivity contribution >= 4 is 11.9 Å². The molecule has 0 aliphatic rings. The van der Waals surface area contributed by atoms with E-state index in [1.807, 2.05) is 27.7 Å². The summed E-state index contributed by atoms with van der Waals surface area (Å²) in [5, 5.41) is 10.00. The maximum absolute atomic E-state index is 12.6. The normalized spacial score (nSPS) is 13.5. The Morgan fingerprint density at radius 1 is 1.09 bits per heavy atom. The summed E-state index contributed by atoms with van der Waals surface area (Å²) in [5.74, 6) is -1.19. The lowest BCUT2D eigenvalue weighted by atomic mass is 9.69. The number of rotatable bonds is 11. The Bertz CT molecular complexity index is 419. The van der Waals surface area contributed by atoms with Crippen LogP contribution < -0.4 is 0 Å². The van der Waals surface area contributed by atoms with Crippen molar-refractivity contribution in [2.24, 2.45) is 11.3 Å². The number of ether oxygens (including phenoxy) is 1. The van der Waals surface area contributed by atoms with Crippen LogP contribution in [-0.2, 0) is 14.3 Å². The Balaban J connectivity index is 5.78. The summed E-state index contributed by atoms with van der Waals surface area (Å²) in [5.41, 5.74) is -0.0549. The summed E-state index contributed by atoms with van der Waals surface area (Å²) in [6.45, 7) is 12.0. The van der Waals surface area contributed by atoms with Gasteiger partial charge in [-0.3, -0.25) is 4.79 Å². The fraction of sp³-hybridized carbons (Fsp3) is 0.789. The summed E-state index contributed by atoms with van der Waals surface area (Å²) >= 11 is 0. The van der Waals surface area contributed by atoms with Crippen LogP contribution in [0.25, 0.3) is 0 Å². The highest BCUT2D eigenvalue weighted by Crippen LogP contribution is 2.42. The minimum absolute atomic E-state index is 0.181. The molecule has 0 saturated heterocycles. The van der Waals surface area contributed by atoms with Crippen LogP contribution in [0.1, 0.15) is 80.1 Å². The molecule has 1 unspecified atom stereocenters. The molecule has 1 atom stereocenters. The van der Waals surface area contributed by atoms with Gasteiger partial charge in [-0.2, -0.15) is 0 Å². The molecule has 0 fully saturated rings. The van der Waals surface area contributed by atoms with E-state index in [1.165, 1.54) is 0 Å². The predicted octanol–water partition coefficient (Wildman–Crippen LogP) is 4.97. The number of carbonyl (C=O) groups excluding carboxylic acids is 1. The minimum atomic E-state index is -1.15. The van der Waals surface area contributed by atoms with Gasteiger partial charge in [0, 0.05) is 0 Å². The summed E-state index contributed by atoms with van der Waals surface area (Å²) in [6.07, 6.45) is 4.32. The fourth-order valence-corrected chi connectivity index (χ4v) is 3.07. The van der Waals surface area contributed by atoms with Crippen LogP contribution in [-0.4, -0.2) is 23.7 Å².